The van der Waals surface area contributed by atoms with E-state index in [1.165, 1.54) is 0 Å². The van der Waals surface area contributed by atoms with Crippen molar-refractivity contribution in [2.75, 3.05) is 18.9 Å². The summed E-state index contributed by atoms with van der Waals surface area (Å²) in [6, 6.07) is 6.63. The van der Waals surface area contributed by atoms with Gasteiger partial charge in [0, 0.05) is 18.3 Å². The molecule has 5 heteroatoms. The molecule has 2 N–H and O–H groups in total. The van der Waals surface area contributed by atoms with Gasteiger partial charge in [-0.3, -0.25) is 4.79 Å². The summed E-state index contributed by atoms with van der Waals surface area (Å²) in [5.41, 5.74) is 1.13. The molecular weight excluding hydrogens is 202 g/mol. The van der Waals surface area contributed by atoms with E-state index in [0.717, 1.165) is 5.69 Å². The monoisotopic (exact) mass is 214 g/mol. The van der Waals surface area contributed by atoms with Gasteiger partial charge in [-0.2, -0.15) is 0 Å². The van der Waals surface area contributed by atoms with Crippen molar-refractivity contribution in [1.29, 1.82) is 0 Å². The van der Waals surface area contributed by atoms with Crippen LogP contribution in [-0.4, -0.2) is 25.9 Å². The zero-order chi connectivity index (χ0) is 11.3. The molecule has 0 aliphatic rings. The van der Waals surface area contributed by atoms with Gasteiger partial charge < -0.3 is 10.6 Å². The Morgan fingerprint density at radius 2 is 2.20 bits per heavy atom. The molecule has 0 saturated carbocycles. The fourth-order valence-electron chi connectivity index (χ4n) is 1.09. The first-order chi connectivity index (χ1) is 7.13. The molecule has 0 spiro atoms. The minimum Gasteiger partial charge on any atom is -0.388 e. The van der Waals surface area contributed by atoms with Gasteiger partial charge in [-0.05, 0) is 18.2 Å². The first-order valence-corrected chi connectivity index (χ1v) is 4.47. The van der Waals surface area contributed by atoms with Crippen molar-refractivity contribution in [3.05, 3.63) is 29.8 Å². The van der Waals surface area contributed by atoms with Crippen LogP contribution in [0.15, 0.2) is 24.3 Å². The van der Waals surface area contributed by atoms with Crippen LogP contribution >= 0.6 is 0 Å². The van der Waals surface area contributed by atoms with Crippen LogP contribution in [0.25, 0.3) is 0 Å². The molecule has 0 fully saturated rings. The molecule has 1 rings (SSSR count). The zero-order valence-electron chi connectivity index (χ0n) is 8.26. The molecule has 0 aromatic heterocycles. The molecule has 0 aliphatic heterocycles. The van der Waals surface area contributed by atoms with Crippen LogP contribution in [0.3, 0.4) is 0 Å². The van der Waals surface area contributed by atoms with Crippen LogP contribution in [0, 0.1) is 0 Å². The van der Waals surface area contributed by atoms with Crippen molar-refractivity contribution in [3.8, 4) is 0 Å². The molecule has 0 unspecified atom stereocenters. The summed E-state index contributed by atoms with van der Waals surface area (Å²) in [6.07, 6.45) is -2.53. The van der Waals surface area contributed by atoms with E-state index in [-0.39, 0.29) is 0 Å². The molecule has 0 radical (unpaired) electrons. The Hall–Kier alpha value is -1.65. The van der Waals surface area contributed by atoms with Gasteiger partial charge in [0.25, 0.3) is 12.3 Å². The predicted molar refractivity (Wildman–Crippen MR) is 54.3 cm³/mol. The summed E-state index contributed by atoms with van der Waals surface area (Å²) in [5.74, 6) is -0.493. The lowest BCUT2D eigenvalue weighted by Crippen LogP contribution is -2.28. The van der Waals surface area contributed by atoms with Gasteiger partial charge in [0.15, 0.2) is 0 Å². The van der Waals surface area contributed by atoms with E-state index in [4.69, 9.17) is 0 Å². The Labute approximate surface area is 86.5 Å². The van der Waals surface area contributed by atoms with E-state index in [9.17, 15) is 13.6 Å². The first kappa shape index (κ1) is 11.4. The maximum Gasteiger partial charge on any atom is 0.255 e. The Morgan fingerprint density at radius 1 is 1.47 bits per heavy atom. The SMILES string of the molecule is CNc1cccc(C(=O)NCC(F)F)c1. The molecule has 82 valence electrons. The van der Waals surface area contributed by atoms with Crippen molar-refractivity contribution in [2.45, 2.75) is 6.43 Å². The van der Waals surface area contributed by atoms with Gasteiger partial charge in [0.2, 0.25) is 0 Å². The largest absolute Gasteiger partial charge is 0.388 e. The number of nitrogens with one attached hydrogen (secondary N) is 2. The molecule has 1 aromatic rings. The van der Waals surface area contributed by atoms with Crippen molar-refractivity contribution >= 4 is 11.6 Å². The third-order valence-corrected chi connectivity index (χ3v) is 1.83. The summed E-state index contributed by atoms with van der Waals surface area (Å²) < 4.78 is 23.7. The fourth-order valence-corrected chi connectivity index (χ4v) is 1.09. The highest BCUT2D eigenvalue weighted by molar-refractivity contribution is 5.95. The average molecular weight is 214 g/mol. The number of hydrogen-bond donors (Lipinski definition) is 2. The van der Waals surface area contributed by atoms with E-state index < -0.39 is 18.9 Å². The molecule has 0 bridgehead atoms. The third kappa shape index (κ3) is 3.53. The number of halogens is 2. The van der Waals surface area contributed by atoms with Gasteiger partial charge in [-0.25, -0.2) is 8.78 Å². The lowest BCUT2D eigenvalue weighted by molar-refractivity contribution is 0.0892. The topological polar surface area (TPSA) is 41.1 Å². The van der Waals surface area contributed by atoms with E-state index >= 15 is 0 Å². The highest BCUT2D eigenvalue weighted by Crippen LogP contribution is 2.09. The Bertz CT molecular complexity index is 342. The molecule has 1 amide bonds. The van der Waals surface area contributed by atoms with Crippen LogP contribution in [-0.2, 0) is 0 Å². The van der Waals surface area contributed by atoms with Gasteiger partial charge >= 0.3 is 0 Å². The number of benzene rings is 1. The Morgan fingerprint density at radius 3 is 2.80 bits per heavy atom. The third-order valence-electron chi connectivity index (χ3n) is 1.83. The van der Waals surface area contributed by atoms with Gasteiger partial charge in [0.1, 0.15) is 0 Å². The summed E-state index contributed by atoms with van der Waals surface area (Å²) >= 11 is 0. The number of carbonyl (C=O) groups excluding carboxylic acids is 1. The molecule has 0 atom stereocenters. The van der Waals surface area contributed by atoms with E-state index in [1.54, 1.807) is 31.3 Å². The number of rotatable bonds is 4. The molecule has 0 heterocycles. The highest BCUT2D eigenvalue weighted by Gasteiger charge is 2.08. The lowest BCUT2D eigenvalue weighted by Gasteiger charge is -2.06. The van der Waals surface area contributed by atoms with E-state index in [0.29, 0.717) is 5.56 Å². The Balaban J connectivity index is 2.65. The smallest absolute Gasteiger partial charge is 0.255 e. The lowest BCUT2D eigenvalue weighted by atomic mass is 10.2. The van der Waals surface area contributed by atoms with Crippen molar-refractivity contribution in [3.63, 3.8) is 0 Å². The second-order valence-electron chi connectivity index (χ2n) is 2.93. The van der Waals surface area contributed by atoms with Crippen LogP contribution < -0.4 is 10.6 Å². The quantitative estimate of drug-likeness (QED) is 0.801. The van der Waals surface area contributed by atoms with Gasteiger partial charge in [-0.1, -0.05) is 6.07 Å². The van der Waals surface area contributed by atoms with Crippen molar-refractivity contribution < 1.29 is 13.6 Å². The average Bonchev–Trinajstić information content (AvgIpc) is 2.26. The second-order valence-corrected chi connectivity index (χ2v) is 2.93. The number of amides is 1. The number of carbonyl (C=O) groups is 1. The normalized spacial score (nSPS) is 10.1. The summed E-state index contributed by atoms with van der Waals surface area (Å²) in [7, 11) is 1.72. The first-order valence-electron chi connectivity index (χ1n) is 4.47. The summed E-state index contributed by atoms with van der Waals surface area (Å²) in [4.78, 5) is 11.3. The molecule has 3 nitrogen and oxygen atoms in total. The van der Waals surface area contributed by atoms with Crippen LogP contribution in [0.5, 0.6) is 0 Å². The van der Waals surface area contributed by atoms with Crippen LogP contribution in [0.4, 0.5) is 14.5 Å². The fraction of sp³-hybridized carbons (Fsp3) is 0.300. The van der Waals surface area contributed by atoms with Crippen molar-refractivity contribution in [1.82, 2.24) is 5.32 Å². The number of anilines is 1. The number of alkyl halides is 2. The molecule has 15 heavy (non-hydrogen) atoms. The highest BCUT2D eigenvalue weighted by atomic mass is 19.3. The minimum absolute atomic E-state index is 0.363. The second kappa shape index (κ2) is 5.29. The number of hydrogen-bond acceptors (Lipinski definition) is 2. The van der Waals surface area contributed by atoms with Gasteiger partial charge in [-0.15, -0.1) is 0 Å². The van der Waals surface area contributed by atoms with Crippen LogP contribution in [0.1, 0.15) is 10.4 Å². The van der Waals surface area contributed by atoms with Crippen LogP contribution in [0.2, 0.25) is 0 Å². The predicted octanol–water partition coefficient (Wildman–Crippen LogP) is 1.72. The standard InChI is InChI=1S/C10H12F2N2O/c1-13-8-4-2-3-7(5-8)10(15)14-6-9(11)12/h2-5,9,13H,6H2,1H3,(H,14,15). The molecule has 0 aliphatic carbocycles. The molecule has 1 aromatic carbocycles. The maximum absolute atomic E-state index is 11.8. The summed E-state index contributed by atoms with van der Waals surface area (Å²) in [5, 5.41) is 4.99. The zero-order valence-corrected chi connectivity index (χ0v) is 8.26. The van der Waals surface area contributed by atoms with Crippen molar-refractivity contribution in [2.24, 2.45) is 0 Å². The molecular formula is C10H12F2N2O. The molecule has 0 saturated heterocycles. The van der Waals surface area contributed by atoms with E-state index in [2.05, 4.69) is 10.6 Å². The van der Waals surface area contributed by atoms with E-state index in [1.807, 2.05) is 0 Å². The summed E-state index contributed by atoms with van der Waals surface area (Å²) in [6.45, 7) is -0.622. The minimum atomic E-state index is -2.53. The van der Waals surface area contributed by atoms with Gasteiger partial charge in [0.05, 0.1) is 6.54 Å². The Kier molecular flexibility index (Phi) is 4.03. The maximum atomic E-state index is 11.8.